The summed E-state index contributed by atoms with van der Waals surface area (Å²) in [6, 6.07) is 7.89. The van der Waals surface area contributed by atoms with Crippen LogP contribution in [0.25, 0.3) is 0 Å². The molecule has 3 rings (SSSR count). The molecule has 1 aliphatic carbocycles. The average molecular weight is 526 g/mol. The summed E-state index contributed by atoms with van der Waals surface area (Å²) in [5.41, 5.74) is 2.29. The predicted octanol–water partition coefficient (Wildman–Crippen LogP) is 6.03. The van der Waals surface area contributed by atoms with Gasteiger partial charge in [0, 0.05) is 19.8 Å². The molecular weight excluding hydrogens is 485 g/mol. The normalized spacial score (nSPS) is 17.2. The van der Waals surface area contributed by atoms with E-state index in [-0.39, 0.29) is 18.7 Å². The number of aliphatic hydroxyl groups is 1. The van der Waals surface area contributed by atoms with Crippen LogP contribution in [0.5, 0.6) is 0 Å². The van der Waals surface area contributed by atoms with Gasteiger partial charge in [-0.05, 0) is 82.7 Å². The fourth-order valence-electron chi connectivity index (χ4n) is 4.02. The number of carbonyl (C=O) groups excluding carboxylic acids is 1. The zero-order valence-electron chi connectivity index (χ0n) is 23.3. The van der Waals surface area contributed by atoms with Gasteiger partial charge in [0.05, 0.1) is 36.4 Å². The number of hydrogen-bond donors (Lipinski definition) is 1. The molecular formula is C29H40FN5O3. The Labute approximate surface area is 225 Å². The maximum atomic E-state index is 12.8. The van der Waals surface area contributed by atoms with Crippen molar-refractivity contribution in [1.82, 2.24) is 9.97 Å². The molecule has 1 amide bonds. The smallest absolute Gasteiger partial charge is 0.415 e. The van der Waals surface area contributed by atoms with Gasteiger partial charge in [-0.3, -0.25) is 14.3 Å². The maximum Gasteiger partial charge on any atom is 0.415 e. The van der Waals surface area contributed by atoms with E-state index in [1.807, 2.05) is 43.3 Å². The van der Waals surface area contributed by atoms with Gasteiger partial charge in [0.25, 0.3) is 0 Å². The second kappa shape index (κ2) is 14.4. The number of nitriles is 1. The van der Waals surface area contributed by atoms with Crippen molar-refractivity contribution in [3.05, 3.63) is 59.7 Å². The second-order valence-corrected chi connectivity index (χ2v) is 10.1. The third-order valence-corrected chi connectivity index (χ3v) is 6.39. The first kappa shape index (κ1) is 30.7. The molecule has 9 heteroatoms. The molecule has 2 atom stereocenters. The van der Waals surface area contributed by atoms with Crippen LogP contribution >= 0.6 is 0 Å². The summed E-state index contributed by atoms with van der Waals surface area (Å²) in [7, 11) is 3.54. The molecule has 1 heterocycles. The van der Waals surface area contributed by atoms with Gasteiger partial charge in [0.2, 0.25) is 0 Å². The van der Waals surface area contributed by atoms with Crippen molar-refractivity contribution >= 4 is 17.6 Å². The topological polar surface area (TPSA) is 103 Å². The lowest BCUT2D eigenvalue weighted by Gasteiger charge is -2.28. The number of halogens is 1. The van der Waals surface area contributed by atoms with E-state index in [1.165, 1.54) is 22.9 Å². The Balaban J connectivity index is 0.000000293. The lowest BCUT2D eigenvalue weighted by molar-refractivity contribution is 0.0599. The van der Waals surface area contributed by atoms with E-state index in [9.17, 15) is 14.3 Å². The highest BCUT2D eigenvalue weighted by molar-refractivity contribution is 5.85. The Hall–Kier alpha value is -3.51. The molecule has 1 fully saturated rings. The number of rotatable bonds is 7. The first-order valence-electron chi connectivity index (χ1n) is 13.0. The summed E-state index contributed by atoms with van der Waals surface area (Å²) < 4.78 is 18.2. The monoisotopic (exact) mass is 525 g/mol. The summed E-state index contributed by atoms with van der Waals surface area (Å²) in [5.74, 6) is 0.318. The standard InChI is InChI=1S/C16H24FN3O3.C13H16N2/c1-16(2,22)13-9-19-14(10-18-13)20(3)15(21)23-12-6-4-5-11(7-12)8-17;1-4-5-8-15(3)13-9-12(10-14)7-6-11(13)2/h9-12,22H,4-8H2,1-3H3;5-9H,4H2,1-3H3/b;8-5-. The summed E-state index contributed by atoms with van der Waals surface area (Å²) in [6.45, 7) is 7.00. The van der Waals surface area contributed by atoms with Crippen molar-refractivity contribution in [2.45, 2.75) is 71.5 Å². The minimum atomic E-state index is -1.09. The lowest BCUT2D eigenvalue weighted by Crippen LogP contribution is -2.34. The van der Waals surface area contributed by atoms with E-state index in [0.29, 0.717) is 23.5 Å². The summed E-state index contributed by atoms with van der Waals surface area (Å²) in [5, 5.41) is 18.7. The van der Waals surface area contributed by atoms with Crippen molar-refractivity contribution < 1.29 is 19.0 Å². The van der Waals surface area contributed by atoms with Crippen LogP contribution in [0.15, 0.2) is 42.9 Å². The molecule has 1 aromatic carbocycles. The highest BCUT2D eigenvalue weighted by Gasteiger charge is 2.27. The van der Waals surface area contributed by atoms with Crippen molar-refractivity contribution in [1.29, 1.82) is 5.26 Å². The van der Waals surface area contributed by atoms with Gasteiger partial charge < -0.3 is 14.7 Å². The molecule has 1 aliphatic rings. The Morgan fingerprint density at radius 1 is 1.29 bits per heavy atom. The van der Waals surface area contributed by atoms with E-state index in [0.717, 1.165) is 31.4 Å². The minimum Gasteiger partial charge on any atom is -0.446 e. The van der Waals surface area contributed by atoms with Gasteiger partial charge in [-0.25, -0.2) is 9.78 Å². The first-order chi connectivity index (χ1) is 18.0. The zero-order valence-corrected chi connectivity index (χ0v) is 23.3. The zero-order chi connectivity index (χ0) is 28.3. The van der Waals surface area contributed by atoms with Crippen LogP contribution in [-0.4, -0.2) is 48.0 Å². The van der Waals surface area contributed by atoms with Crippen LogP contribution < -0.4 is 9.80 Å². The maximum absolute atomic E-state index is 12.8. The number of aryl methyl sites for hydroxylation is 1. The highest BCUT2D eigenvalue weighted by atomic mass is 19.1. The predicted molar refractivity (Wildman–Crippen MR) is 148 cm³/mol. The van der Waals surface area contributed by atoms with E-state index in [4.69, 9.17) is 10.00 Å². The molecule has 1 N–H and O–H groups in total. The minimum absolute atomic E-state index is 0.0160. The Kier molecular flexibility index (Phi) is 11.7. The molecule has 2 aromatic rings. The second-order valence-electron chi connectivity index (χ2n) is 10.1. The molecule has 0 spiro atoms. The summed E-state index contributed by atoms with van der Waals surface area (Å²) >= 11 is 0. The van der Waals surface area contributed by atoms with Crippen LogP contribution in [0, 0.1) is 24.2 Å². The molecule has 2 unspecified atom stereocenters. The van der Waals surface area contributed by atoms with Crippen molar-refractivity contribution in [2.24, 2.45) is 5.92 Å². The van der Waals surface area contributed by atoms with Crippen molar-refractivity contribution in [2.75, 3.05) is 30.6 Å². The summed E-state index contributed by atoms with van der Waals surface area (Å²) in [6.07, 6.45) is 10.3. The van der Waals surface area contributed by atoms with Gasteiger partial charge in [-0.2, -0.15) is 5.26 Å². The Morgan fingerprint density at radius 2 is 2.03 bits per heavy atom. The number of carbonyl (C=O) groups is 1. The molecule has 38 heavy (non-hydrogen) atoms. The van der Waals surface area contributed by atoms with Gasteiger partial charge in [-0.15, -0.1) is 0 Å². The van der Waals surface area contributed by atoms with Gasteiger partial charge in [-0.1, -0.05) is 19.1 Å². The molecule has 0 bridgehead atoms. The van der Waals surface area contributed by atoms with E-state index >= 15 is 0 Å². The van der Waals surface area contributed by atoms with E-state index in [1.54, 1.807) is 20.9 Å². The number of benzene rings is 1. The number of ether oxygens (including phenoxy) is 1. The van der Waals surface area contributed by atoms with Crippen molar-refractivity contribution in [3.63, 3.8) is 0 Å². The van der Waals surface area contributed by atoms with Gasteiger partial charge >= 0.3 is 6.09 Å². The van der Waals surface area contributed by atoms with Crippen LogP contribution in [0.1, 0.15) is 69.7 Å². The molecule has 1 aromatic heterocycles. The Morgan fingerprint density at radius 3 is 2.61 bits per heavy atom. The first-order valence-corrected chi connectivity index (χ1v) is 13.0. The van der Waals surface area contributed by atoms with Crippen LogP contribution in [0.2, 0.25) is 0 Å². The van der Waals surface area contributed by atoms with Crippen LogP contribution in [-0.2, 0) is 10.3 Å². The highest BCUT2D eigenvalue weighted by Crippen LogP contribution is 2.27. The summed E-state index contributed by atoms with van der Waals surface area (Å²) in [4.78, 5) is 23.7. The largest absolute Gasteiger partial charge is 0.446 e. The fourth-order valence-corrected chi connectivity index (χ4v) is 4.02. The third kappa shape index (κ3) is 9.10. The van der Waals surface area contributed by atoms with Crippen molar-refractivity contribution in [3.8, 4) is 6.07 Å². The van der Waals surface area contributed by atoms with Crippen LogP contribution in [0.4, 0.5) is 20.7 Å². The number of allylic oxidation sites excluding steroid dienone is 1. The van der Waals surface area contributed by atoms with E-state index < -0.39 is 11.7 Å². The lowest BCUT2D eigenvalue weighted by atomic mass is 9.88. The van der Waals surface area contributed by atoms with E-state index in [2.05, 4.69) is 29.0 Å². The molecule has 0 aliphatic heterocycles. The van der Waals surface area contributed by atoms with Gasteiger partial charge in [0.15, 0.2) is 5.82 Å². The number of alkyl halides is 1. The number of nitrogens with zero attached hydrogens (tertiary/aromatic N) is 5. The molecule has 1 saturated carbocycles. The molecule has 206 valence electrons. The van der Waals surface area contributed by atoms with Crippen LogP contribution in [0.3, 0.4) is 0 Å². The fraction of sp³-hybridized carbons (Fsp3) is 0.517. The van der Waals surface area contributed by atoms with Gasteiger partial charge in [0.1, 0.15) is 11.7 Å². The number of hydrogen-bond acceptors (Lipinski definition) is 7. The molecule has 0 radical (unpaired) electrons. The quantitative estimate of drug-likeness (QED) is 0.471. The number of anilines is 2. The number of aromatic nitrogens is 2. The SMILES string of the molecule is CC/C=C\N(C)c1cc(C#N)ccc1C.CN(C(=O)OC1CCCC(CF)C1)c1cnc(C(C)(C)O)cn1. The number of amides is 1. The third-order valence-electron chi connectivity index (χ3n) is 6.39. The Bertz CT molecular complexity index is 1110. The molecule has 0 saturated heterocycles. The average Bonchev–Trinajstić information content (AvgIpc) is 2.91. The molecule has 8 nitrogen and oxygen atoms in total.